The molecule has 8 heteroatoms. The number of piperazine rings is 1. The summed E-state index contributed by atoms with van der Waals surface area (Å²) >= 11 is 6.05. The zero-order valence-corrected chi connectivity index (χ0v) is 15.8. The van der Waals surface area contributed by atoms with E-state index in [0.717, 1.165) is 55.3 Å². The van der Waals surface area contributed by atoms with E-state index in [2.05, 4.69) is 24.8 Å². The average molecular weight is 397 g/mol. The third-order valence-corrected chi connectivity index (χ3v) is 5.34. The van der Waals surface area contributed by atoms with E-state index < -0.39 is 0 Å². The molecular weight excluding hydrogens is 379 g/mol. The van der Waals surface area contributed by atoms with Gasteiger partial charge in [-0.1, -0.05) is 17.7 Å². The molecule has 0 saturated carbocycles. The lowest BCUT2D eigenvalue weighted by molar-refractivity contribution is 0.247. The number of imidazole rings is 1. The number of hydrogen-bond acceptors (Lipinski definition) is 5. The molecule has 5 rings (SSSR count). The topological polar surface area (TPSA) is 49.6 Å². The molecule has 4 aromatic rings. The second kappa shape index (κ2) is 7.00. The van der Waals surface area contributed by atoms with Crippen molar-refractivity contribution in [3.63, 3.8) is 0 Å². The Bertz CT molecular complexity index is 1150. The zero-order chi connectivity index (χ0) is 19.1. The summed E-state index contributed by atoms with van der Waals surface area (Å²) in [6.45, 7) is 4.20. The Morgan fingerprint density at radius 1 is 1.00 bits per heavy atom. The first-order valence-electron chi connectivity index (χ1n) is 9.17. The molecule has 28 heavy (non-hydrogen) atoms. The molecule has 1 aliphatic rings. The number of hydrogen-bond donors (Lipinski definition) is 0. The van der Waals surface area contributed by atoms with Crippen molar-refractivity contribution >= 4 is 34.0 Å². The number of halogens is 2. The highest BCUT2D eigenvalue weighted by molar-refractivity contribution is 6.30. The minimum absolute atomic E-state index is 0.313. The van der Waals surface area contributed by atoms with Crippen LogP contribution in [0.15, 0.2) is 49.1 Å². The fourth-order valence-electron chi connectivity index (χ4n) is 3.73. The second-order valence-electron chi connectivity index (χ2n) is 6.94. The van der Waals surface area contributed by atoms with E-state index >= 15 is 0 Å². The predicted molar refractivity (Wildman–Crippen MR) is 107 cm³/mol. The number of para-hydroxylation sites is 1. The SMILES string of the molecule is Fc1cccc2c(N3CCN(Cc4cn5cc(Cl)ccc5n4)CC3)ncnc12. The van der Waals surface area contributed by atoms with E-state index in [1.807, 2.05) is 35.0 Å². The highest BCUT2D eigenvalue weighted by Crippen LogP contribution is 2.25. The molecule has 0 aliphatic carbocycles. The monoisotopic (exact) mass is 396 g/mol. The van der Waals surface area contributed by atoms with Crippen LogP contribution in [-0.2, 0) is 6.54 Å². The number of nitrogens with zero attached hydrogens (tertiary/aromatic N) is 6. The van der Waals surface area contributed by atoms with Crippen molar-refractivity contribution in [3.8, 4) is 0 Å². The quantitative estimate of drug-likeness (QED) is 0.531. The third kappa shape index (κ3) is 3.16. The second-order valence-corrected chi connectivity index (χ2v) is 7.38. The highest BCUT2D eigenvalue weighted by atomic mass is 35.5. The first kappa shape index (κ1) is 17.3. The molecule has 0 unspecified atom stereocenters. The Morgan fingerprint density at radius 2 is 1.86 bits per heavy atom. The van der Waals surface area contributed by atoms with Crippen molar-refractivity contribution in [2.24, 2.45) is 0 Å². The number of benzene rings is 1. The summed E-state index contributed by atoms with van der Waals surface area (Å²) in [6.07, 6.45) is 5.33. The van der Waals surface area contributed by atoms with Gasteiger partial charge in [-0.25, -0.2) is 19.3 Å². The summed E-state index contributed by atoms with van der Waals surface area (Å²) in [5.74, 6) is 0.484. The smallest absolute Gasteiger partial charge is 0.149 e. The Labute approximate surface area is 166 Å². The molecule has 1 aromatic carbocycles. The Kier molecular flexibility index (Phi) is 4.33. The largest absolute Gasteiger partial charge is 0.353 e. The Morgan fingerprint density at radius 3 is 2.71 bits per heavy atom. The lowest BCUT2D eigenvalue weighted by Gasteiger charge is -2.35. The van der Waals surface area contributed by atoms with Crippen LogP contribution in [0.25, 0.3) is 16.6 Å². The maximum atomic E-state index is 14.0. The van der Waals surface area contributed by atoms with Gasteiger partial charge in [-0.05, 0) is 24.3 Å². The van der Waals surface area contributed by atoms with E-state index in [4.69, 9.17) is 11.6 Å². The van der Waals surface area contributed by atoms with Crippen LogP contribution in [-0.4, -0.2) is 50.4 Å². The highest BCUT2D eigenvalue weighted by Gasteiger charge is 2.21. The van der Waals surface area contributed by atoms with Gasteiger partial charge in [0.1, 0.15) is 29.1 Å². The van der Waals surface area contributed by atoms with Crippen LogP contribution in [0.4, 0.5) is 10.2 Å². The summed E-state index contributed by atoms with van der Waals surface area (Å²) < 4.78 is 16.0. The van der Waals surface area contributed by atoms with Crippen LogP contribution in [0.5, 0.6) is 0 Å². The van der Waals surface area contributed by atoms with Crippen LogP contribution in [0.3, 0.4) is 0 Å². The van der Waals surface area contributed by atoms with Crippen LogP contribution >= 0.6 is 11.6 Å². The van der Waals surface area contributed by atoms with E-state index in [1.165, 1.54) is 12.4 Å². The van der Waals surface area contributed by atoms with Gasteiger partial charge >= 0.3 is 0 Å². The Hall–Kier alpha value is -2.77. The predicted octanol–water partition coefficient (Wildman–Crippen LogP) is 3.39. The number of anilines is 1. The van der Waals surface area contributed by atoms with Crippen LogP contribution in [0.1, 0.15) is 5.69 Å². The normalized spacial score (nSPS) is 15.6. The molecule has 0 radical (unpaired) electrons. The molecule has 1 fully saturated rings. The lowest BCUT2D eigenvalue weighted by atomic mass is 10.2. The van der Waals surface area contributed by atoms with E-state index in [0.29, 0.717) is 10.5 Å². The van der Waals surface area contributed by atoms with E-state index in [-0.39, 0.29) is 5.82 Å². The minimum atomic E-state index is -0.313. The molecule has 0 atom stereocenters. The molecular formula is C20H18ClFN6. The minimum Gasteiger partial charge on any atom is -0.353 e. The molecule has 0 spiro atoms. The maximum Gasteiger partial charge on any atom is 0.149 e. The van der Waals surface area contributed by atoms with Crippen LogP contribution < -0.4 is 4.90 Å². The number of rotatable bonds is 3. The number of pyridine rings is 1. The van der Waals surface area contributed by atoms with Gasteiger partial charge in [0, 0.05) is 50.5 Å². The standard InChI is InChI=1S/C20H18ClFN6/c21-14-4-5-18-25-15(12-28(18)10-14)11-26-6-8-27(9-7-26)20-16-2-1-3-17(22)19(16)23-13-24-20/h1-5,10,12-13H,6-9,11H2. The molecule has 0 bridgehead atoms. The lowest BCUT2D eigenvalue weighted by Crippen LogP contribution is -2.46. The summed E-state index contributed by atoms with van der Waals surface area (Å²) in [6, 6.07) is 8.78. The van der Waals surface area contributed by atoms with Crippen molar-refractivity contribution in [2.75, 3.05) is 31.1 Å². The first-order valence-corrected chi connectivity index (χ1v) is 9.55. The van der Waals surface area contributed by atoms with Crippen molar-refractivity contribution in [1.29, 1.82) is 0 Å². The average Bonchev–Trinajstić information content (AvgIpc) is 3.10. The summed E-state index contributed by atoms with van der Waals surface area (Å²) in [7, 11) is 0. The fraction of sp³-hybridized carbons (Fsp3) is 0.250. The van der Waals surface area contributed by atoms with Gasteiger partial charge in [-0.3, -0.25) is 4.90 Å². The fourth-order valence-corrected chi connectivity index (χ4v) is 3.90. The van der Waals surface area contributed by atoms with E-state index in [9.17, 15) is 4.39 Å². The van der Waals surface area contributed by atoms with Gasteiger partial charge in [0.05, 0.1) is 10.7 Å². The zero-order valence-electron chi connectivity index (χ0n) is 15.1. The molecule has 1 saturated heterocycles. The van der Waals surface area contributed by atoms with Gasteiger partial charge in [0.15, 0.2) is 0 Å². The van der Waals surface area contributed by atoms with Gasteiger partial charge in [-0.2, -0.15) is 0 Å². The van der Waals surface area contributed by atoms with Crippen LogP contribution in [0, 0.1) is 5.82 Å². The summed E-state index contributed by atoms with van der Waals surface area (Å²) in [5, 5.41) is 1.45. The van der Waals surface area contributed by atoms with Crippen LogP contribution in [0.2, 0.25) is 5.02 Å². The molecule has 6 nitrogen and oxygen atoms in total. The van der Waals surface area contributed by atoms with Gasteiger partial charge in [-0.15, -0.1) is 0 Å². The number of aromatic nitrogens is 4. The third-order valence-electron chi connectivity index (χ3n) is 5.12. The summed E-state index contributed by atoms with van der Waals surface area (Å²) in [4.78, 5) is 17.7. The number of fused-ring (bicyclic) bond motifs is 2. The molecule has 1 aliphatic heterocycles. The van der Waals surface area contributed by atoms with Crippen molar-refractivity contribution in [1.82, 2.24) is 24.3 Å². The van der Waals surface area contributed by atoms with Crippen molar-refractivity contribution < 1.29 is 4.39 Å². The van der Waals surface area contributed by atoms with Crippen molar-refractivity contribution in [3.05, 3.63) is 65.6 Å². The van der Waals surface area contributed by atoms with Gasteiger partial charge in [0.2, 0.25) is 0 Å². The van der Waals surface area contributed by atoms with Crippen molar-refractivity contribution in [2.45, 2.75) is 6.54 Å². The molecule has 0 N–H and O–H groups in total. The summed E-state index contributed by atoms with van der Waals surface area (Å²) in [5.41, 5.74) is 2.29. The van der Waals surface area contributed by atoms with Gasteiger partial charge < -0.3 is 9.30 Å². The molecule has 142 valence electrons. The maximum absolute atomic E-state index is 14.0. The molecule has 0 amide bonds. The van der Waals surface area contributed by atoms with E-state index in [1.54, 1.807) is 6.07 Å². The van der Waals surface area contributed by atoms with Gasteiger partial charge in [0.25, 0.3) is 0 Å². The first-order chi connectivity index (χ1) is 13.7. The molecule has 4 heterocycles. The Balaban J connectivity index is 1.30. The molecule has 3 aromatic heterocycles.